The summed E-state index contributed by atoms with van der Waals surface area (Å²) in [7, 11) is 0. The van der Waals surface area contributed by atoms with Crippen LogP contribution >= 0.6 is 15.9 Å². The Morgan fingerprint density at radius 2 is 2.11 bits per heavy atom. The fraction of sp³-hybridized carbons (Fsp3) is 0.462. The molecule has 0 amide bonds. The van der Waals surface area contributed by atoms with Gasteiger partial charge in [-0.05, 0) is 48.8 Å². The number of fused-ring (bicyclic) bond motifs is 1. The van der Waals surface area contributed by atoms with Crippen LogP contribution in [0.25, 0.3) is 0 Å². The minimum absolute atomic E-state index is 0.185. The van der Waals surface area contributed by atoms with Crippen LogP contribution in [0.3, 0.4) is 0 Å². The van der Waals surface area contributed by atoms with Gasteiger partial charge in [0.2, 0.25) is 0 Å². The maximum Gasteiger partial charge on any atom is 0.179 e. The van der Waals surface area contributed by atoms with Gasteiger partial charge in [-0.3, -0.25) is 0 Å². The first kappa shape index (κ1) is 14.8. The number of halogens is 2. The molecule has 3 nitrogen and oxygen atoms in total. The summed E-state index contributed by atoms with van der Waals surface area (Å²) in [5.41, 5.74) is 1.23. The maximum atomic E-state index is 13.9. The van der Waals surface area contributed by atoms with E-state index in [1.165, 1.54) is 0 Å². The minimum atomic E-state index is -1.36. The highest BCUT2D eigenvalue weighted by atomic mass is 79.9. The zero-order chi connectivity index (χ0) is 14.2. The maximum absolute atomic E-state index is 13.9. The van der Waals surface area contributed by atoms with Crippen LogP contribution in [-0.2, 0) is 11.4 Å². The second-order valence-electron chi connectivity index (χ2n) is 5.24. The molecule has 0 fully saturated rings. The van der Waals surface area contributed by atoms with E-state index < -0.39 is 21.9 Å². The van der Waals surface area contributed by atoms with E-state index >= 15 is 0 Å². The summed E-state index contributed by atoms with van der Waals surface area (Å²) in [6.45, 7) is 5.92. The third kappa shape index (κ3) is 3.12. The van der Waals surface area contributed by atoms with Crippen LogP contribution in [0.2, 0.25) is 0 Å². The molecule has 1 aromatic rings. The van der Waals surface area contributed by atoms with E-state index in [4.69, 9.17) is 4.74 Å². The molecule has 0 aliphatic carbocycles. The van der Waals surface area contributed by atoms with Crippen molar-refractivity contribution >= 4 is 33.0 Å². The van der Waals surface area contributed by atoms with Crippen LogP contribution < -0.4 is 4.74 Å². The predicted molar refractivity (Wildman–Crippen MR) is 78.6 cm³/mol. The zero-order valence-corrected chi connectivity index (χ0v) is 13.4. The second-order valence-corrected chi connectivity index (χ2v) is 8.00. The van der Waals surface area contributed by atoms with Crippen molar-refractivity contribution in [3.63, 3.8) is 0 Å². The van der Waals surface area contributed by atoms with E-state index in [1.807, 2.05) is 20.8 Å². The monoisotopic (exact) mass is 347 g/mol. The standard InChI is InChI=1S/C13H15BrFNO2S/c1-13(2,3)19(17)16-10-6-7-18-12-8(10)4-5-9(14)11(12)15/h4-5H,6-7H2,1-3H3/t19-/m0/s1. The van der Waals surface area contributed by atoms with Crippen LogP contribution in [0, 0.1) is 5.82 Å². The van der Waals surface area contributed by atoms with Crippen LogP contribution in [0.1, 0.15) is 32.8 Å². The number of hydrogen-bond acceptors (Lipinski definition) is 3. The van der Waals surface area contributed by atoms with Crippen molar-refractivity contribution in [1.29, 1.82) is 0 Å². The van der Waals surface area contributed by atoms with Crippen LogP contribution in [-0.4, -0.2) is 21.6 Å². The molecule has 0 saturated carbocycles. The lowest BCUT2D eigenvalue weighted by Gasteiger charge is -2.23. The van der Waals surface area contributed by atoms with Gasteiger partial charge in [-0.1, -0.05) is 4.40 Å². The first-order chi connectivity index (χ1) is 8.80. The second kappa shape index (κ2) is 5.42. The molecule has 1 heterocycles. The van der Waals surface area contributed by atoms with Crippen molar-refractivity contribution < 1.29 is 13.7 Å². The van der Waals surface area contributed by atoms with Crippen molar-refractivity contribution in [1.82, 2.24) is 0 Å². The highest BCUT2D eigenvalue weighted by Gasteiger charge is 2.30. The Morgan fingerprint density at radius 3 is 2.74 bits per heavy atom. The van der Waals surface area contributed by atoms with E-state index in [9.17, 15) is 8.94 Å². The molecule has 104 valence electrons. The molecule has 0 unspecified atom stereocenters. The number of rotatable bonds is 1. The summed E-state index contributed by atoms with van der Waals surface area (Å²) < 4.78 is 35.5. The van der Waals surface area contributed by atoms with Gasteiger partial charge in [0.05, 0.1) is 11.1 Å². The molecular formula is C13H15BrFNO2S. The van der Waals surface area contributed by atoms with E-state index in [-0.39, 0.29) is 5.75 Å². The Morgan fingerprint density at radius 1 is 1.42 bits per heavy atom. The van der Waals surface area contributed by atoms with Gasteiger partial charge in [-0.2, -0.15) is 0 Å². The van der Waals surface area contributed by atoms with Gasteiger partial charge in [0.1, 0.15) is 21.8 Å². The van der Waals surface area contributed by atoms with Gasteiger partial charge in [-0.25, -0.2) is 4.39 Å². The number of nitrogens with zero attached hydrogens (tertiary/aromatic N) is 1. The van der Waals surface area contributed by atoms with Gasteiger partial charge in [-0.15, -0.1) is 0 Å². The van der Waals surface area contributed by atoms with Gasteiger partial charge >= 0.3 is 0 Å². The molecule has 1 aliphatic rings. The Bertz CT molecular complexity index is 528. The molecule has 1 aromatic carbocycles. The number of hydrogen-bond donors (Lipinski definition) is 0. The van der Waals surface area contributed by atoms with Crippen LogP contribution in [0.5, 0.6) is 5.75 Å². The van der Waals surface area contributed by atoms with Crippen LogP contribution in [0.15, 0.2) is 21.0 Å². The lowest BCUT2D eigenvalue weighted by atomic mass is 10.0. The van der Waals surface area contributed by atoms with Gasteiger partial charge in [0, 0.05) is 12.0 Å². The summed E-state index contributed by atoms with van der Waals surface area (Å²) in [6, 6.07) is 3.35. The molecule has 0 aromatic heterocycles. The lowest BCUT2D eigenvalue weighted by Crippen LogP contribution is -2.28. The lowest BCUT2D eigenvalue weighted by molar-refractivity contribution is 0.302. The molecule has 1 aliphatic heterocycles. The Balaban J connectivity index is 2.44. The van der Waals surface area contributed by atoms with Crippen molar-refractivity contribution in [2.75, 3.05) is 6.61 Å². The van der Waals surface area contributed by atoms with Gasteiger partial charge in [0.15, 0.2) is 11.6 Å². The quantitative estimate of drug-likeness (QED) is 0.728. The van der Waals surface area contributed by atoms with E-state index in [2.05, 4.69) is 20.3 Å². The third-order valence-corrected chi connectivity index (χ3v) is 4.71. The topological polar surface area (TPSA) is 44.7 Å². The minimum Gasteiger partial charge on any atom is -0.591 e. The zero-order valence-electron chi connectivity index (χ0n) is 11.0. The van der Waals surface area contributed by atoms with Crippen molar-refractivity contribution in [2.24, 2.45) is 4.40 Å². The van der Waals surface area contributed by atoms with E-state index in [1.54, 1.807) is 12.1 Å². The smallest absolute Gasteiger partial charge is 0.179 e. The summed E-state index contributed by atoms with van der Waals surface area (Å²) in [5, 5.41) is 0. The normalized spacial score (nSPS) is 18.9. The average molecular weight is 348 g/mol. The summed E-state index contributed by atoms with van der Waals surface area (Å²) >= 11 is 1.77. The third-order valence-electron chi connectivity index (χ3n) is 2.66. The summed E-state index contributed by atoms with van der Waals surface area (Å²) in [5.74, 6) is -0.253. The Labute approximate surface area is 123 Å². The SMILES string of the molecule is CC(C)(C)[S@+]([O-])N=C1CCOc2c1ccc(Br)c2F. The van der Waals surface area contributed by atoms with Gasteiger partial charge in [0.25, 0.3) is 0 Å². The molecule has 0 saturated heterocycles. The molecule has 1 atom stereocenters. The first-order valence-corrected chi connectivity index (χ1v) is 7.81. The molecular weight excluding hydrogens is 333 g/mol. The molecule has 0 radical (unpaired) electrons. The first-order valence-electron chi connectivity index (χ1n) is 5.91. The summed E-state index contributed by atoms with van der Waals surface area (Å²) in [4.78, 5) is 0. The largest absolute Gasteiger partial charge is 0.591 e. The highest BCUT2D eigenvalue weighted by molar-refractivity contribution is 9.10. The molecule has 19 heavy (non-hydrogen) atoms. The Kier molecular flexibility index (Phi) is 4.23. The van der Waals surface area contributed by atoms with E-state index in [0.717, 1.165) is 0 Å². The molecule has 0 bridgehead atoms. The molecule has 0 spiro atoms. The fourth-order valence-electron chi connectivity index (χ4n) is 1.62. The van der Waals surface area contributed by atoms with Crippen molar-refractivity contribution in [3.05, 3.63) is 28.0 Å². The van der Waals surface area contributed by atoms with E-state index in [0.29, 0.717) is 28.8 Å². The van der Waals surface area contributed by atoms with Crippen molar-refractivity contribution in [2.45, 2.75) is 31.9 Å². The Hall–Kier alpha value is -0.590. The fourth-order valence-corrected chi connectivity index (χ4v) is 2.59. The molecule has 2 rings (SSSR count). The van der Waals surface area contributed by atoms with Gasteiger partial charge < -0.3 is 9.29 Å². The molecule has 6 heteroatoms. The highest BCUT2D eigenvalue weighted by Crippen LogP contribution is 2.33. The van der Waals surface area contributed by atoms with Crippen LogP contribution in [0.4, 0.5) is 4.39 Å². The number of benzene rings is 1. The predicted octanol–water partition coefficient (Wildman–Crippen LogP) is 3.62. The number of ether oxygens (including phenoxy) is 1. The average Bonchev–Trinajstić information content (AvgIpc) is 2.33. The summed E-state index contributed by atoms with van der Waals surface area (Å²) in [6.07, 6.45) is 0.538. The molecule has 0 N–H and O–H groups in total. The van der Waals surface area contributed by atoms with Crippen molar-refractivity contribution in [3.8, 4) is 5.75 Å².